The Morgan fingerprint density at radius 1 is 0.632 bits per heavy atom. The van der Waals surface area contributed by atoms with Crippen LogP contribution in [0.2, 0.25) is 5.02 Å². The van der Waals surface area contributed by atoms with E-state index >= 15 is 0 Å². The van der Waals surface area contributed by atoms with Crippen molar-refractivity contribution in [3.63, 3.8) is 0 Å². The normalized spacial score (nSPS) is 15.7. The van der Waals surface area contributed by atoms with Crippen LogP contribution in [0.3, 0.4) is 0 Å². The predicted octanol–water partition coefficient (Wildman–Crippen LogP) is 9.68. The predicted molar refractivity (Wildman–Crippen MR) is 220 cm³/mol. The minimum atomic E-state index is -0.394. The Labute approximate surface area is 339 Å². The average Bonchev–Trinajstić information content (AvgIpc) is 3.74. The van der Waals surface area contributed by atoms with Crippen molar-refractivity contribution in [2.75, 3.05) is 54.1 Å². The lowest BCUT2D eigenvalue weighted by Gasteiger charge is -2.28. The molecule has 0 fully saturated rings. The molecular formula is C44H52ClN3O9. The highest BCUT2D eigenvalue weighted by molar-refractivity contribution is 6.31. The van der Waals surface area contributed by atoms with Crippen LogP contribution in [0.4, 0.5) is 5.69 Å². The number of unbranched alkanes of at least 4 members (excludes halogenated alkanes) is 7. The molecule has 2 unspecified atom stereocenters. The van der Waals surface area contributed by atoms with Crippen LogP contribution < -0.4 is 43.8 Å². The highest BCUT2D eigenvalue weighted by atomic mass is 35.5. The summed E-state index contributed by atoms with van der Waals surface area (Å²) in [7, 11) is 8.04. The van der Waals surface area contributed by atoms with Gasteiger partial charge in [0, 0.05) is 28.3 Å². The maximum absolute atomic E-state index is 12.7. The minimum absolute atomic E-state index is 0.180. The third-order valence-corrected chi connectivity index (χ3v) is 10.3. The Bertz CT molecular complexity index is 2000. The SMILES string of the molecule is COc1cc(C2NC(=O)c3cc(Cl)ccc3N2)ccc1OCCCCCCCCCCOc1cc(C2=NOC(c3cc(OC)c(OC)c(OC)c3)C2)ccc1OC. The second-order valence-corrected chi connectivity index (χ2v) is 14.3. The van der Waals surface area contributed by atoms with Gasteiger partial charge in [-0.3, -0.25) is 4.79 Å². The Hall–Kier alpha value is -5.49. The fourth-order valence-electron chi connectivity index (χ4n) is 6.99. The topological polar surface area (TPSA) is 127 Å². The van der Waals surface area contributed by atoms with Gasteiger partial charge in [-0.2, -0.15) is 0 Å². The first kappa shape index (κ1) is 41.2. The summed E-state index contributed by atoms with van der Waals surface area (Å²) in [5.74, 6) is 4.17. The fourth-order valence-corrected chi connectivity index (χ4v) is 7.16. The maximum atomic E-state index is 12.7. The highest BCUT2D eigenvalue weighted by Gasteiger charge is 2.28. The van der Waals surface area contributed by atoms with E-state index in [4.69, 9.17) is 49.6 Å². The molecule has 2 atom stereocenters. The largest absolute Gasteiger partial charge is 0.493 e. The van der Waals surface area contributed by atoms with Gasteiger partial charge in [0.1, 0.15) is 6.17 Å². The molecule has 12 nitrogen and oxygen atoms in total. The zero-order chi connectivity index (χ0) is 40.1. The number of oxime groups is 1. The number of fused-ring (bicyclic) bond motifs is 1. The number of hydrogen-bond donors (Lipinski definition) is 2. The molecule has 1 amide bonds. The Kier molecular flexibility index (Phi) is 14.5. The Morgan fingerprint density at radius 2 is 1.25 bits per heavy atom. The molecule has 304 valence electrons. The molecule has 0 aromatic heterocycles. The third-order valence-electron chi connectivity index (χ3n) is 10.1. The van der Waals surface area contributed by atoms with E-state index in [0.717, 1.165) is 66.6 Å². The zero-order valence-corrected chi connectivity index (χ0v) is 34.0. The lowest BCUT2D eigenvalue weighted by Crippen LogP contribution is -2.38. The van der Waals surface area contributed by atoms with E-state index < -0.39 is 6.17 Å². The monoisotopic (exact) mass is 801 g/mol. The molecule has 4 aromatic rings. The maximum Gasteiger partial charge on any atom is 0.255 e. The number of nitrogens with zero attached hydrogens (tertiary/aromatic N) is 1. The number of rotatable bonds is 21. The molecule has 13 heteroatoms. The highest BCUT2D eigenvalue weighted by Crippen LogP contribution is 2.43. The number of carbonyl (C=O) groups is 1. The Morgan fingerprint density at radius 3 is 1.89 bits per heavy atom. The molecule has 6 rings (SSSR count). The van der Waals surface area contributed by atoms with Crippen LogP contribution in [0.1, 0.15) is 97.1 Å². The smallest absolute Gasteiger partial charge is 0.255 e. The van der Waals surface area contributed by atoms with Crippen molar-refractivity contribution in [2.24, 2.45) is 5.16 Å². The van der Waals surface area contributed by atoms with Gasteiger partial charge in [0.2, 0.25) is 5.75 Å². The van der Waals surface area contributed by atoms with Crippen molar-refractivity contribution in [1.82, 2.24) is 5.32 Å². The molecule has 0 saturated heterocycles. The second kappa shape index (κ2) is 20.1. The second-order valence-electron chi connectivity index (χ2n) is 13.8. The number of halogens is 1. The molecule has 0 saturated carbocycles. The first-order chi connectivity index (χ1) is 27.8. The van der Waals surface area contributed by atoms with Crippen LogP contribution in [0.5, 0.6) is 40.2 Å². The summed E-state index contributed by atoms with van der Waals surface area (Å²) in [6.45, 7) is 1.21. The molecule has 0 bridgehead atoms. The van der Waals surface area contributed by atoms with Gasteiger partial charge in [0.15, 0.2) is 40.6 Å². The van der Waals surface area contributed by atoms with Gasteiger partial charge in [-0.05, 0) is 79.1 Å². The van der Waals surface area contributed by atoms with Crippen molar-refractivity contribution in [1.29, 1.82) is 0 Å². The fraction of sp³-hybridized carbons (Fsp3) is 0.409. The van der Waals surface area contributed by atoms with E-state index in [1.165, 1.54) is 12.8 Å². The van der Waals surface area contributed by atoms with Gasteiger partial charge in [-0.15, -0.1) is 0 Å². The number of hydrogen-bond acceptors (Lipinski definition) is 11. The molecule has 0 aliphatic carbocycles. The molecular weight excluding hydrogens is 750 g/mol. The van der Waals surface area contributed by atoms with E-state index in [1.807, 2.05) is 54.6 Å². The standard InChI is InChI=1S/C44H52ClN3O9/c1-50-35-18-14-28(34-27-37(57-48-34)30-24-40(52-3)42(54-5)41(25-30)53-4)22-39(35)56-21-13-11-9-7-6-8-10-12-20-55-36-19-15-29(23-38(36)51-2)43-46-33-17-16-31(45)26-32(33)44(49)47-43/h14-19,22-26,37,43,46H,6-13,20-21,27H2,1-5H3,(H,47,49). The van der Waals surface area contributed by atoms with E-state index in [2.05, 4.69) is 15.8 Å². The summed E-state index contributed by atoms with van der Waals surface area (Å²) in [5, 5.41) is 11.3. The van der Waals surface area contributed by atoms with Gasteiger partial charge in [-0.1, -0.05) is 61.3 Å². The van der Waals surface area contributed by atoms with Gasteiger partial charge >= 0.3 is 0 Å². The number of benzene rings is 4. The number of nitrogens with one attached hydrogen (secondary N) is 2. The van der Waals surface area contributed by atoms with Gasteiger partial charge < -0.3 is 48.6 Å². The van der Waals surface area contributed by atoms with E-state index in [1.54, 1.807) is 47.7 Å². The summed E-state index contributed by atoms with van der Waals surface area (Å²) >= 11 is 6.07. The summed E-state index contributed by atoms with van der Waals surface area (Å²) in [6.07, 6.45) is 8.70. The summed E-state index contributed by atoms with van der Waals surface area (Å²) < 4.78 is 40.0. The molecule has 0 radical (unpaired) electrons. The van der Waals surface area contributed by atoms with E-state index in [0.29, 0.717) is 70.5 Å². The van der Waals surface area contributed by atoms with Crippen LogP contribution in [0.15, 0.2) is 71.9 Å². The number of carbonyl (C=O) groups excluding carboxylic acids is 1. The molecule has 2 aliphatic heterocycles. The molecule has 2 N–H and O–H groups in total. The molecule has 0 spiro atoms. The van der Waals surface area contributed by atoms with Crippen molar-refractivity contribution in [3.8, 4) is 40.2 Å². The summed E-state index contributed by atoms with van der Waals surface area (Å²) in [6, 6.07) is 20.6. The number of ether oxygens (including phenoxy) is 7. The summed E-state index contributed by atoms with van der Waals surface area (Å²) in [5.41, 5.74) is 4.75. The summed E-state index contributed by atoms with van der Waals surface area (Å²) in [4.78, 5) is 18.5. The lowest BCUT2D eigenvalue weighted by atomic mass is 9.99. The number of anilines is 1. The lowest BCUT2D eigenvalue weighted by molar-refractivity contribution is 0.0853. The van der Waals surface area contributed by atoms with E-state index in [9.17, 15) is 4.79 Å². The van der Waals surface area contributed by atoms with Crippen LogP contribution in [0, 0.1) is 0 Å². The first-order valence-electron chi connectivity index (χ1n) is 19.4. The molecule has 2 aliphatic rings. The van der Waals surface area contributed by atoms with Gasteiger partial charge in [0.25, 0.3) is 5.91 Å². The van der Waals surface area contributed by atoms with Crippen molar-refractivity contribution >= 4 is 28.9 Å². The zero-order valence-electron chi connectivity index (χ0n) is 33.3. The molecule has 4 aromatic carbocycles. The van der Waals surface area contributed by atoms with Crippen LogP contribution in [-0.2, 0) is 4.84 Å². The van der Waals surface area contributed by atoms with Crippen LogP contribution in [0.25, 0.3) is 0 Å². The number of amides is 1. The van der Waals surface area contributed by atoms with Gasteiger partial charge in [-0.25, -0.2) is 0 Å². The minimum Gasteiger partial charge on any atom is -0.493 e. The van der Waals surface area contributed by atoms with Crippen molar-refractivity contribution in [3.05, 3.63) is 94.0 Å². The number of methoxy groups -OCH3 is 5. The third kappa shape index (κ3) is 10.3. The van der Waals surface area contributed by atoms with Crippen LogP contribution >= 0.6 is 11.6 Å². The van der Waals surface area contributed by atoms with Crippen molar-refractivity contribution < 1.29 is 42.8 Å². The molecule has 57 heavy (non-hydrogen) atoms. The Balaban J connectivity index is 0.861. The molecule has 2 heterocycles. The van der Waals surface area contributed by atoms with Gasteiger partial charge in [0.05, 0.1) is 60.0 Å². The average molecular weight is 802 g/mol. The van der Waals surface area contributed by atoms with E-state index in [-0.39, 0.29) is 12.0 Å². The quantitative estimate of drug-likeness (QED) is 0.0787. The first-order valence-corrected chi connectivity index (χ1v) is 19.7. The van der Waals surface area contributed by atoms with Crippen LogP contribution in [-0.4, -0.2) is 60.4 Å². The van der Waals surface area contributed by atoms with Crippen molar-refractivity contribution in [2.45, 2.75) is 70.1 Å².